The number of fused-ring (bicyclic) bond motifs is 1. The van der Waals surface area contributed by atoms with Crippen molar-refractivity contribution in [3.63, 3.8) is 0 Å². The Morgan fingerprint density at radius 3 is 2.42 bits per heavy atom. The third-order valence-electron chi connectivity index (χ3n) is 5.16. The SMILES string of the molecule is CC(=O)O.CC(C)CNC(=O)[C@@H](N)Cc1ccc(OP(=O)(O)CO[C@H](CO)Cn2cnc3c(N)ncnc32)cc1. The molecule has 2 aromatic heterocycles. The number of anilines is 1. The van der Waals surface area contributed by atoms with Gasteiger partial charge >= 0.3 is 7.60 Å². The molecule has 3 atom stereocenters. The normalized spacial score (nSPS) is 14.1. The van der Waals surface area contributed by atoms with Crippen LogP contribution in [0, 0.1) is 5.92 Å². The second-order valence-corrected chi connectivity index (χ2v) is 11.0. The lowest BCUT2D eigenvalue weighted by Crippen LogP contribution is -2.43. The number of aliphatic carboxylic acids is 1. The number of carboxylic acid groups (broad SMARTS) is 1. The van der Waals surface area contributed by atoms with Gasteiger partial charge in [-0.1, -0.05) is 26.0 Å². The molecule has 0 saturated heterocycles. The molecule has 0 spiro atoms. The third kappa shape index (κ3) is 10.9. The van der Waals surface area contributed by atoms with E-state index in [0.29, 0.717) is 30.0 Å². The standard InChI is InChI=1S/C22H32N7O6P.C2H4O2/c1-14(2)8-25-22(31)18(23)7-15-3-5-16(6-4-15)35-36(32,33)13-34-17(10-30)9-29-12-28-19-20(24)26-11-27-21(19)29;1-2(3)4/h3-6,11-12,14,17-18,30H,7-10,13,23H2,1-2H3,(H,25,31)(H,32,33)(H2,24,26,27);1H3,(H,3,4)/t17-,18-;/m0./s1. The molecule has 16 heteroatoms. The van der Waals surface area contributed by atoms with E-state index in [1.165, 1.54) is 24.8 Å². The first-order chi connectivity index (χ1) is 18.8. The number of nitrogens with zero attached hydrogens (tertiary/aromatic N) is 4. The van der Waals surface area contributed by atoms with E-state index in [0.717, 1.165) is 12.5 Å². The number of hydrogen-bond donors (Lipinski definition) is 6. The first-order valence-corrected chi connectivity index (χ1v) is 14.0. The number of aromatic nitrogens is 4. The van der Waals surface area contributed by atoms with Gasteiger partial charge in [0.25, 0.3) is 5.97 Å². The summed E-state index contributed by atoms with van der Waals surface area (Å²) < 4.78 is 24.8. The van der Waals surface area contributed by atoms with Crippen LogP contribution in [0.5, 0.6) is 5.75 Å². The van der Waals surface area contributed by atoms with Crippen LogP contribution >= 0.6 is 7.60 Å². The molecule has 1 aromatic carbocycles. The van der Waals surface area contributed by atoms with E-state index in [-0.39, 0.29) is 24.0 Å². The van der Waals surface area contributed by atoms with Crippen molar-refractivity contribution in [3.8, 4) is 5.75 Å². The monoisotopic (exact) mass is 581 g/mol. The first kappa shape index (κ1) is 32.6. The Balaban J connectivity index is 0.00000131. The van der Waals surface area contributed by atoms with Crippen LogP contribution in [0.15, 0.2) is 36.9 Å². The van der Waals surface area contributed by atoms with E-state index in [4.69, 9.17) is 30.6 Å². The van der Waals surface area contributed by atoms with Gasteiger partial charge in [0, 0.05) is 13.5 Å². The maximum atomic E-state index is 12.5. The molecule has 40 heavy (non-hydrogen) atoms. The summed E-state index contributed by atoms with van der Waals surface area (Å²) in [6.45, 7) is 5.31. The van der Waals surface area contributed by atoms with Crippen LogP contribution < -0.4 is 21.3 Å². The number of ether oxygens (including phenoxy) is 1. The molecule has 1 unspecified atom stereocenters. The minimum absolute atomic E-state index is 0.114. The van der Waals surface area contributed by atoms with Crippen LogP contribution in [-0.4, -0.2) is 78.1 Å². The highest BCUT2D eigenvalue weighted by Gasteiger charge is 2.25. The smallest absolute Gasteiger partial charge is 0.402 e. The topological polar surface area (TPSA) is 238 Å². The highest BCUT2D eigenvalue weighted by molar-refractivity contribution is 7.53. The number of aliphatic hydroxyl groups is 1. The molecule has 220 valence electrons. The number of carboxylic acids is 1. The van der Waals surface area contributed by atoms with E-state index >= 15 is 0 Å². The lowest BCUT2D eigenvalue weighted by Gasteiger charge is -2.19. The highest BCUT2D eigenvalue weighted by Crippen LogP contribution is 2.42. The van der Waals surface area contributed by atoms with Gasteiger partial charge in [0.05, 0.1) is 31.6 Å². The van der Waals surface area contributed by atoms with Crippen LogP contribution in [-0.2, 0) is 31.9 Å². The summed E-state index contributed by atoms with van der Waals surface area (Å²) in [6.07, 6.45) is 1.60. The zero-order chi connectivity index (χ0) is 29.9. The maximum Gasteiger partial charge on any atom is 0.402 e. The molecule has 3 rings (SSSR count). The predicted molar refractivity (Wildman–Crippen MR) is 146 cm³/mol. The molecule has 0 bridgehead atoms. The Morgan fingerprint density at radius 1 is 1.18 bits per heavy atom. The lowest BCUT2D eigenvalue weighted by atomic mass is 10.1. The molecule has 0 radical (unpaired) electrons. The number of aliphatic hydroxyl groups excluding tert-OH is 1. The minimum atomic E-state index is -4.20. The molecular weight excluding hydrogens is 545 g/mol. The summed E-state index contributed by atoms with van der Waals surface area (Å²) in [5, 5.41) is 19.9. The Kier molecular flexibility index (Phi) is 12.4. The van der Waals surface area contributed by atoms with Crippen molar-refractivity contribution in [1.29, 1.82) is 0 Å². The molecule has 0 saturated carbocycles. The van der Waals surface area contributed by atoms with Crippen molar-refractivity contribution >= 4 is 36.5 Å². The third-order valence-corrected chi connectivity index (χ3v) is 6.13. The second-order valence-electron chi connectivity index (χ2n) is 9.27. The molecular formula is C24H36N7O8P. The largest absolute Gasteiger partial charge is 0.481 e. The predicted octanol–water partition coefficient (Wildman–Crippen LogP) is 0.741. The molecule has 0 fully saturated rings. The number of carbonyl (C=O) groups excluding carboxylic acids is 1. The summed E-state index contributed by atoms with van der Waals surface area (Å²) in [4.78, 5) is 43.4. The van der Waals surface area contributed by atoms with Gasteiger partial charge in [-0.05, 0) is 30.0 Å². The van der Waals surface area contributed by atoms with Gasteiger partial charge in [-0.25, -0.2) is 19.5 Å². The van der Waals surface area contributed by atoms with Crippen molar-refractivity contribution in [2.45, 2.75) is 45.9 Å². The Hall–Kier alpha value is -3.62. The number of carbonyl (C=O) groups is 2. The van der Waals surface area contributed by atoms with Crippen molar-refractivity contribution in [2.75, 3.05) is 25.2 Å². The van der Waals surface area contributed by atoms with Crippen LogP contribution in [0.1, 0.15) is 26.3 Å². The Labute approximate surface area is 231 Å². The van der Waals surface area contributed by atoms with Crippen molar-refractivity contribution in [3.05, 3.63) is 42.5 Å². The average molecular weight is 582 g/mol. The van der Waals surface area contributed by atoms with Crippen molar-refractivity contribution < 1.29 is 38.5 Å². The van der Waals surface area contributed by atoms with Gasteiger partial charge in [-0.3, -0.25) is 9.59 Å². The summed E-state index contributed by atoms with van der Waals surface area (Å²) in [5.41, 5.74) is 13.4. The van der Waals surface area contributed by atoms with E-state index in [1.54, 1.807) is 16.7 Å². The fourth-order valence-corrected chi connectivity index (χ4v) is 4.18. The van der Waals surface area contributed by atoms with Crippen LogP contribution in [0.4, 0.5) is 5.82 Å². The van der Waals surface area contributed by atoms with Gasteiger partial charge in [-0.15, -0.1) is 0 Å². The first-order valence-electron chi connectivity index (χ1n) is 12.3. The van der Waals surface area contributed by atoms with Crippen molar-refractivity contribution in [2.24, 2.45) is 11.7 Å². The number of amides is 1. The molecule has 1 amide bonds. The summed E-state index contributed by atoms with van der Waals surface area (Å²) in [5.74, 6) is -0.377. The number of benzene rings is 1. The molecule has 0 aliphatic heterocycles. The van der Waals surface area contributed by atoms with Crippen LogP contribution in [0.3, 0.4) is 0 Å². The molecule has 8 N–H and O–H groups in total. The zero-order valence-corrected chi connectivity index (χ0v) is 23.4. The number of nitrogen functional groups attached to an aromatic ring is 1. The number of rotatable bonds is 13. The van der Waals surface area contributed by atoms with Crippen LogP contribution in [0.2, 0.25) is 0 Å². The van der Waals surface area contributed by atoms with Crippen LogP contribution in [0.25, 0.3) is 11.2 Å². The minimum Gasteiger partial charge on any atom is -0.481 e. The van der Waals surface area contributed by atoms with Gasteiger partial charge in [0.15, 0.2) is 17.8 Å². The Morgan fingerprint density at radius 2 is 1.82 bits per heavy atom. The zero-order valence-electron chi connectivity index (χ0n) is 22.5. The number of imidazole rings is 1. The number of nitrogens with one attached hydrogen (secondary N) is 1. The fraction of sp³-hybridized carbons (Fsp3) is 0.458. The average Bonchev–Trinajstić information content (AvgIpc) is 3.29. The van der Waals surface area contributed by atoms with E-state index in [1.807, 2.05) is 13.8 Å². The number of hydrogen-bond acceptors (Lipinski definition) is 11. The van der Waals surface area contributed by atoms with Gasteiger partial charge in [0.1, 0.15) is 17.6 Å². The molecule has 2 heterocycles. The molecule has 0 aliphatic rings. The summed E-state index contributed by atoms with van der Waals surface area (Å²) in [6, 6.07) is 5.66. The van der Waals surface area contributed by atoms with Crippen molar-refractivity contribution in [1.82, 2.24) is 24.8 Å². The van der Waals surface area contributed by atoms with E-state index in [2.05, 4.69) is 20.3 Å². The highest BCUT2D eigenvalue weighted by atomic mass is 31.2. The summed E-state index contributed by atoms with van der Waals surface area (Å²) >= 11 is 0. The second kappa shape index (κ2) is 15.2. The van der Waals surface area contributed by atoms with Gasteiger partial charge < -0.3 is 45.7 Å². The summed E-state index contributed by atoms with van der Waals surface area (Å²) in [7, 11) is -4.20. The quantitative estimate of drug-likeness (QED) is 0.153. The fourth-order valence-electron chi connectivity index (χ4n) is 3.27. The molecule has 0 aliphatic carbocycles. The Bertz CT molecular complexity index is 1300. The van der Waals surface area contributed by atoms with E-state index in [9.17, 15) is 19.4 Å². The van der Waals surface area contributed by atoms with Gasteiger partial charge in [0.2, 0.25) is 5.91 Å². The number of nitrogens with two attached hydrogens (primary N) is 2. The lowest BCUT2D eigenvalue weighted by molar-refractivity contribution is -0.134. The maximum absolute atomic E-state index is 12.5. The molecule has 15 nitrogen and oxygen atoms in total. The van der Waals surface area contributed by atoms with E-state index < -0.39 is 38.7 Å². The molecule has 3 aromatic rings. The van der Waals surface area contributed by atoms with Gasteiger partial charge in [-0.2, -0.15) is 0 Å².